The molecule has 6 nitrogen and oxygen atoms in total. The van der Waals surface area contributed by atoms with Gasteiger partial charge in [0.1, 0.15) is 5.52 Å². The molecule has 4 rings (SSSR count). The number of rotatable bonds is 4. The van der Waals surface area contributed by atoms with Crippen molar-refractivity contribution in [3.63, 3.8) is 0 Å². The molecule has 0 aromatic carbocycles. The van der Waals surface area contributed by atoms with Crippen LogP contribution < -0.4 is 4.90 Å². The molecular formula is C16H22N4O2. The van der Waals surface area contributed by atoms with Crippen molar-refractivity contribution in [2.45, 2.75) is 31.9 Å². The number of morpholine rings is 1. The maximum atomic E-state index is 5.64. The van der Waals surface area contributed by atoms with Crippen molar-refractivity contribution in [2.24, 2.45) is 0 Å². The number of imidazole rings is 1. The Morgan fingerprint density at radius 3 is 2.77 bits per heavy atom. The number of aryl methyl sites for hydroxylation is 1. The molecule has 1 saturated heterocycles. The molecule has 0 spiro atoms. The number of hydrogen-bond donors (Lipinski definition) is 0. The zero-order valence-electron chi connectivity index (χ0n) is 13.2. The van der Waals surface area contributed by atoms with E-state index in [0.717, 1.165) is 62.5 Å². The Bertz CT molecular complexity index is 687. The van der Waals surface area contributed by atoms with Gasteiger partial charge in [-0.15, -0.1) is 0 Å². The van der Waals surface area contributed by atoms with E-state index < -0.39 is 0 Å². The first-order valence-electron chi connectivity index (χ1n) is 7.91. The van der Waals surface area contributed by atoms with Crippen molar-refractivity contribution < 1.29 is 9.47 Å². The van der Waals surface area contributed by atoms with Gasteiger partial charge in [0, 0.05) is 25.9 Å². The van der Waals surface area contributed by atoms with Crippen molar-refractivity contribution in [1.82, 2.24) is 14.5 Å². The number of pyridine rings is 1. The van der Waals surface area contributed by atoms with Crippen LogP contribution in [0.15, 0.2) is 12.4 Å². The molecule has 0 radical (unpaired) electrons. The fourth-order valence-electron chi connectivity index (χ4n) is 3.18. The molecule has 2 aliphatic rings. The minimum atomic E-state index is -0.00180. The molecule has 1 aliphatic heterocycles. The lowest BCUT2D eigenvalue weighted by Crippen LogP contribution is -2.36. The molecule has 118 valence electrons. The van der Waals surface area contributed by atoms with Gasteiger partial charge in [0.05, 0.1) is 37.4 Å². The van der Waals surface area contributed by atoms with E-state index in [0.29, 0.717) is 0 Å². The molecule has 2 aromatic rings. The highest BCUT2D eigenvalue weighted by Gasteiger charge is 2.43. The van der Waals surface area contributed by atoms with Crippen LogP contribution >= 0.6 is 0 Å². The van der Waals surface area contributed by atoms with E-state index in [9.17, 15) is 0 Å². The minimum absolute atomic E-state index is 0.00180. The average Bonchev–Trinajstić information content (AvgIpc) is 3.22. The minimum Gasteiger partial charge on any atom is -0.378 e. The predicted molar refractivity (Wildman–Crippen MR) is 84.3 cm³/mol. The number of fused-ring (bicyclic) bond motifs is 1. The van der Waals surface area contributed by atoms with Crippen molar-refractivity contribution in [1.29, 1.82) is 0 Å². The SMILES string of the molecule is COC1(Cn2cnc3c(N4CCOCC4)cc(C)nc32)CC1. The molecule has 0 unspecified atom stereocenters. The lowest BCUT2D eigenvalue weighted by molar-refractivity contribution is 0.0659. The summed E-state index contributed by atoms with van der Waals surface area (Å²) in [6, 6.07) is 2.13. The molecule has 1 aliphatic carbocycles. The summed E-state index contributed by atoms with van der Waals surface area (Å²) in [6.07, 6.45) is 4.14. The van der Waals surface area contributed by atoms with E-state index in [4.69, 9.17) is 14.5 Å². The van der Waals surface area contributed by atoms with Gasteiger partial charge >= 0.3 is 0 Å². The second kappa shape index (κ2) is 5.21. The van der Waals surface area contributed by atoms with E-state index in [2.05, 4.69) is 20.5 Å². The summed E-state index contributed by atoms with van der Waals surface area (Å²) in [4.78, 5) is 11.7. The van der Waals surface area contributed by atoms with E-state index in [-0.39, 0.29) is 5.60 Å². The van der Waals surface area contributed by atoms with Gasteiger partial charge in [-0.25, -0.2) is 9.97 Å². The second-order valence-corrected chi connectivity index (χ2v) is 6.31. The summed E-state index contributed by atoms with van der Waals surface area (Å²) in [6.45, 7) is 6.25. The molecule has 0 amide bonds. The van der Waals surface area contributed by atoms with E-state index >= 15 is 0 Å². The lowest BCUT2D eigenvalue weighted by Gasteiger charge is -2.29. The Morgan fingerprint density at radius 2 is 2.09 bits per heavy atom. The molecule has 6 heteroatoms. The number of hydrogen-bond acceptors (Lipinski definition) is 5. The van der Waals surface area contributed by atoms with Crippen molar-refractivity contribution in [2.75, 3.05) is 38.3 Å². The van der Waals surface area contributed by atoms with E-state index in [1.165, 1.54) is 5.69 Å². The molecule has 0 N–H and O–H groups in total. The topological polar surface area (TPSA) is 52.4 Å². The van der Waals surface area contributed by atoms with Gasteiger partial charge in [-0.2, -0.15) is 0 Å². The lowest BCUT2D eigenvalue weighted by atomic mass is 10.2. The van der Waals surface area contributed by atoms with Crippen molar-refractivity contribution in [3.05, 3.63) is 18.1 Å². The third-order valence-corrected chi connectivity index (χ3v) is 4.73. The predicted octanol–water partition coefficient (Wildman–Crippen LogP) is 1.76. The van der Waals surface area contributed by atoms with Gasteiger partial charge in [0.2, 0.25) is 0 Å². The summed E-state index contributed by atoms with van der Waals surface area (Å²) in [5.74, 6) is 0. The van der Waals surface area contributed by atoms with Gasteiger partial charge in [-0.1, -0.05) is 0 Å². The first-order valence-corrected chi connectivity index (χ1v) is 7.91. The van der Waals surface area contributed by atoms with Gasteiger partial charge in [-0.3, -0.25) is 0 Å². The standard InChI is InChI=1S/C16H22N4O2/c1-12-9-13(19-5-7-22-8-6-19)14-15(18-12)20(11-17-14)10-16(21-2)3-4-16/h9,11H,3-8,10H2,1-2H3. The Morgan fingerprint density at radius 1 is 1.32 bits per heavy atom. The van der Waals surface area contributed by atoms with Gasteiger partial charge in [0.25, 0.3) is 0 Å². The smallest absolute Gasteiger partial charge is 0.162 e. The maximum Gasteiger partial charge on any atom is 0.162 e. The van der Waals surface area contributed by atoms with Crippen LogP contribution in [0.2, 0.25) is 0 Å². The third-order valence-electron chi connectivity index (χ3n) is 4.73. The number of methoxy groups -OCH3 is 1. The molecule has 2 aromatic heterocycles. The molecule has 0 bridgehead atoms. The van der Waals surface area contributed by atoms with Crippen LogP contribution in [0.25, 0.3) is 11.2 Å². The maximum absolute atomic E-state index is 5.64. The monoisotopic (exact) mass is 302 g/mol. The summed E-state index contributed by atoms with van der Waals surface area (Å²) >= 11 is 0. The Hall–Kier alpha value is -1.66. The Balaban J connectivity index is 1.74. The van der Waals surface area contributed by atoms with Crippen LogP contribution in [0, 0.1) is 6.92 Å². The molecule has 0 atom stereocenters. The highest BCUT2D eigenvalue weighted by molar-refractivity contribution is 5.86. The fraction of sp³-hybridized carbons (Fsp3) is 0.625. The highest BCUT2D eigenvalue weighted by Crippen LogP contribution is 2.41. The van der Waals surface area contributed by atoms with Crippen LogP contribution in [0.5, 0.6) is 0 Å². The first kappa shape index (κ1) is 14.0. The van der Waals surface area contributed by atoms with Crippen LogP contribution in [-0.2, 0) is 16.0 Å². The van der Waals surface area contributed by atoms with Gasteiger partial charge in [-0.05, 0) is 25.8 Å². The molecule has 1 saturated carbocycles. The fourth-order valence-corrected chi connectivity index (χ4v) is 3.18. The Labute approximate surface area is 130 Å². The van der Waals surface area contributed by atoms with Crippen molar-refractivity contribution >= 4 is 16.9 Å². The molecule has 22 heavy (non-hydrogen) atoms. The summed E-state index contributed by atoms with van der Waals surface area (Å²) in [5.41, 5.74) is 4.15. The summed E-state index contributed by atoms with van der Waals surface area (Å²) in [7, 11) is 1.80. The quantitative estimate of drug-likeness (QED) is 0.861. The zero-order valence-corrected chi connectivity index (χ0v) is 13.2. The number of aromatic nitrogens is 3. The second-order valence-electron chi connectivity index (χ2n) is 6.31. The average molecular weight is 302 g/mol. The molecular weight excluding hydrogens is 280 g/mol. The summed E-state index contributed by atoms with van der Waals surface area (Å²) < 4.78 is 13.2. The van der Waals surface area contributed by atoms with Crippen LogP contribution in [0.3, 0.4) is 0 Å². The highest BCUT2D eigenvalue weighted by atomic mass is 16.5. The first-order chi connectivity index (χ1) is 10.7. The van der Waals surface area contributed by atoms with E-state index in [1.54, 1.807) is 7.11 Å². The zero-order chi connectivity index (χ0) is 15.2. The third kappa shape index (κ3) is 2.36. The Kier molecular flexibility index (Phi) is 3.31. The van der Waals surface area contributed by atoms with Gasteiger partial charge < -0.3 is 18.9 Å². The normalized spacial score (nSPS) is 20.5. The largest absolute Gasteiger partial charge is 0.378 e. The van der Waals surface area contributed by atoms with Crippen LogP contribution in [-0.4, -0.2) is 53.5 Å². The summed E-state index contributed by atoms with van der Waals surface area (Å²) in [5, 5.41) is 0. The number of anilines is 1. The van der Waals surface area contributed by atoms with Crippen LogP contribution in [0.1, 0.15) is 18.5 Å². The number of ether oxygens (including phenoxy) is 2. The molecule has 3 heterocycles. The molecule has 2 fully saturated rings. The van der Waals surface area contributed by atoms with E-state index in [1.807, 2.05) is 13.3 Å². The van der Waals surface area contributed by atoms with Crippen molar-refractivity contribution in [3.8, 4) is 0 Å². The number of nitrogens with zero attached hydrogens (tertiary/aromatic N) is 4. The van der Waals surface area contributed by atoms with Crippen LogP contribution in [0.4, 0.5) is 5.69 Å². The van der Waals surface area contributed by atoms with Gasteiger partial charge in [0.15, 0.2) is 5.65 Å².